The van der Waals surface area contributed by atoms with E-state index in [0.29, 0.717) is 10.8 Å². The summed E-state index contributed by atoms with van der Waals surface area (Å²) in [5, 5.41) is 15.9. The number of nitrogens with one attached hydrogen (secondary N) is 1. The number of halogens is 1. The van der Waals surface area contributed by atoms with Crippen LogP contribution in [-0.2, 0) is 13.7 Å². The van der Waals surface area contributed by atoms with E-state index in [4.69, 9.17) is 16.3 Å². The fourth-order valence-electron chi connectivity index (χ4n) is 1.98. The summed E-state index contributed by atoms with van der Waals surface area (Å²) in [6, 6.07) is 5.78. The molecule has 1 aromatic carbocycles. The number of tetrazole rings is 1. The molecule has 0 aliphatic heterocycles. The van der Waals surface area contributed by atoms with Crippen molar-refractivity contribution < 1.29 is 4.74 Å². The van der Waals surface area contributed by atoms with Gasteiger partial charge in [-0.25, -0.2) is 0 Å². The number of hydrogen-bond donors (Lipinski definition) is 1. The Morgan fingerprint density at radius 1 is 1.43 bits per heavy atom. The molecule has 1 heterocycles. The summed E-state index contributed by atoms with van der Waals surface area (Å²) < 4.78 is 5.82. The van der Waals surface area contributed by atoms with Crippen LogP contribution in [0.15, 0.2) is 18.2 Å². The van der Waals surface area contributed by atoms with E-state index in [2.05, 4.69) is 34.6 Å². The van der Waals surface area contributed by atoms with Crippen molar-refractivity contribution in [2.24, 2.45) is 7.05 Å². The second-order valence-electron chi connectivity index (χ2n) is 4.84. The van der Waals surface area contributed by atoms with Crippen molar-refractivity contribution >= 4 is 11.6 Å². The monoisotopic (exact) mass is 309 g/mol. The van der Waals surface area contributed by atoms with Gasteiger partial charge in [-0.2, -0.15) is 4.80 Å². The first-order valence-electron chi connectivity index (χ1n) is 6.98. The zero-order valence-electron chi connectivity index (χ0n) is 12.5. The van der Waals surface area contributed by atoms with Crippen molar-refractivity contribution in [2.75, 3.05) is 6.54 Å². The second-order valence-corrected chi connectivity index (χ2v) is 5.28. The molecule has 0 aliphatic rings. The molecule has 0 fully saturated rings. The molecule has 2 rings (SSSR count). The quantitative estimate of drug-likeness (QED) is 0.851. The Labute approximate surface area is 129 Å². The molecule has 0 radical (unpaired) electrons. The summed E-state index contributed by atoms with van der Waals surface area (Å²) >= 11 is 6.09. The van der Waals surface area contributed by atoms with E-state index < -0.39 is 0 Å². The van der Waals surface area contributed by atoms with Crippen molar-refractivity contribution in [3.05, 3.63) is 34.6 Å². The van der Waals surface area contributed by atoms with Crippen molar-refractivity contribution in [3.8, 4) is 5.75 Å². The smallest absolute Gasteiger partial charge is 0.212 e. The van der Waals surface area contributed by atoms with Gasteiger partial charge in [-0.3, -0.25) is 0 Å². The Kier molecular flexibility index (Phi) is 5.52. The molecule has 1 atom stereocenters. The first-order valence-corrected chi connectivity index (χ1v) is 7.36. The second kappa shape index (κ2) is 7.38. The third-order valence-corrected chi connectivity index (χ3v) is 3.28. The van der Waals surface area contributed by atoms with E-state index in [0.717, 1.165) is 24.3 Å². The third kappa shape index (κ3) is 4.41. The third-order valence-electron chi connectivity index (χ3n) is 3.05. The largest absolute Gasteiger partial charge is 0.485 e. The van der Waals surface area contributed by atoms with Gasteiger partial charge in [-0.15, -0.1) is 10.2 Å². The van der Waals surface area contributed by atoms with Crippen LogP contribution in [-0.4, -0.2) is 26.8 Å². The fraction of sp³-hybridized carbons (Fsp3) is 0.500. The number of hydrogen-bond acceptors (Lipinski definition) is 5. The fourth-order valence-corrected chi connectivity index (χ4v) is 2.16. The molecule has 0 spiro atoms. The Morgan fingerprint density at radius 3 is 2.90 bits per heavy atom. The zero-order chi connectivity index (χ0) is 15.2. The van der Waals surface area contributed by atoms with Gasteiger partial charge in [0.2, 0.25) is 5.82 Å². The molecule has 114 valence electrons. The predicted octanol–water partition coefficient (Wildman–Crippen LogP) is 2.50. The molecule has 1 aromatic heterocycles. The van der Waals surface area contributed by atoms with Gasteiger partial charge in [0.05, 0.1) is 7.05 Å². The maximum atomic E-state index is 6.09. The van der Waals surface area contributed by atoms with Gasteiger partial charge in [-0.1, -0.05) is 18.5 Å². The van der Waals surface area contributed by atoms with E-state index in [1.54, 1.807) is 7.05 Å². The maximum Gasteiger partial charge on any atom is 0.212 e. The lowest BCUT2D eigenvalue weighted by Crippen LogP contribution is -2.20. The van der Waals surface area contributed by atoms with Crippen LogP contribution in [0.2, 0.25) is 5.02 Å². The minimum Gasteiger partial charge on any atom is -0.485 e. The van der Waals surface area contributed by atoms with E-state index in [1.165, 1.54) is 4.80 Å². The van der Waals surface area contributed by atoms with Gasteiger partial charge in [0.1, 0.15) is 5.75 Å². The Morgan fingerprint density at radius 2 is 2.24 bits per heavy atom. The van der Waals surface area contributed by atoms with Gasteiger partial charge in [0.15, 0.2) is 6.61 Å². The van der Waals surface area contributed by atoms with Gasteiger partial charge in [-0.05, 0) is 43.3 Å². The highest BCUT2D eigenvalue weighted by Crippen LogP contribution is 2.28. The average Bonchev–Trinajstić information content (AvgIpc) is 2.89. The molecular formula is C14H20ClN5O. The summed E-state index contributed by atoms with van der Waals surface area (Å²) in [5.74, 6) is 1.33. The molecule has 0 bridgehead atoms. The highest BCUT2D eigenvalue weighted by atomic mass is 35.5. The molecule has 21 heavy (non-hydrogen) atoms. The topological polar surface area (TPSA) is 64.9 Å². The van der Waals surface area contributed by atoms with Gasteiger partial charge < -0.3 is 10.1 Å². The van der Waals surface area contributed by atoms with Gasteiger partial charge in [0, 0.05) is 16.6 Å². The lowest BCUT2D eigenvalue weighted by molar-refractivity contribution is 0.289. The lowest BCUT2D eigenvalue weighted by Gasteiger charge is -2.18. The lowest BCUT2D eigenvalue weighted by atomic mass is 10.1. The molecule has 0 aliphatic carbocycles. The predicted molar refractivity (Wildman–Crippen MR) is 81.3 cm³/mol. The Balaban J connectivity index is 2.10. The highest BCUT2D eigenvalue weighted by molar-refractivity contribution is 6.30. The first-order chi connectivity index (χ1) is 10.1. The van der Waals surface area contributed by atoms with Crippen LogP contribution in [0.25, 0.3) is 0 Å². The molecule has 2 aromatic rings. The van der Waals surface area contributed by atoms with Gasteiger partial charge in [0.25, 0.3) is 0 Å². The van der Waals surface area contributed by atoms with Crippen molar-refractivity contribution in [1.29, 1.82) is 0 Å². The molecule has 7 heteroatoms. The van der Waals surface area contributed by atoms with Crippen molar-refractivity contribution in [2.45, 2.75) is 32.9 Å². The van der Waals surface area contributed by atoms with Crippen LogP contribution in [0.4, 0.5) is 0 Å². The molecule has 1 unspecified atom stereocenters. The summed E-state index contributed by atoms with van der Waals surface area (Å²) in [6.45, 7) is 5.45. The standard InChI is InChI=1S/C14H20ClN5O/c1-4-7-16-10(2)12-8-11(15)5-6-13(12)21-9-14-17-19-20(3)18-14/h5-6,8,10,16H,4,7,9H2,1-3H3. The number of rotatable bonds is 7. The van der Waals surface area contributed by atoms with Crippen LogP contribution in [0, 0.1) is 0 Å². The van der Waals surface area contributed by atoms with E-state index >= 15 is 0 Å². The van der Waals surface area contributed by atoms with Crippen molar-refractivity contribution in [3.63, 3.8) is 0 Å². The SMILES string of the molecule is CCCNC(C)c1cc(Cl)ccc1OCc1nnn(C)n1. The molecule has 1 N–H and O–H groups in total. The zero-order valence-corrected chi connectivity index (χ0v) is 13.3. The molecule has 0 saturated heterocycles. The van der Waals surface area contributed by atoms with Crippen LogP contribution in [0.5, 0.6) is 5.75 Å². The minimum absolute atomic E-state index is 0.161. The van der Waals surface area contributed by atoms with Crippen LogP contribution >= 0.6 is 11.6 Å². The summed E-state index contributed by atoms with van der Waals surface area (Å²) in [4.78, 5) is 1.41. The van der Waals surface area contributed by atoms with Crippen LogP contribution in [0.3, 0.4) is 0 Å². The number of nitrogens with zero attached hydrogens (tertiary/aromatic N) is 4. The summed E-state index contributed by atoms with van der Waals surface area (Å²) in [5.41, 5.74) is 1.03. The van der Waals surface area contributed by atoms with Crippen LogP contribution in [0.1, 0.15) is 37.7 Å². The minimum atomic E-state index is 0.161. The summed E-state index contributed by atoms with van der Waals surface area (Å²) in [7, 11) is 1.72. The van der Waals surface area contributed by atoms with E-state index in [-0.39, 0.29) is 12.6 Å². The number of aromatic nitrogens is 4. The average molecular weight is 310 g/mol. The summed E-state index contributed by atoms with van der Waals surface area (Å²) in [6.07, 6.45) is 1.07. The Bertz CT molecular complexity index is 586. The highest BCUT2D eigenvalue weighted by Gasteiger charge is 2.13. The van der Waals surface area contributed by atoms with Gasteiger partial charge >= 0.3 is 0 Å². The molecule has 0 amide bonds. The number of benzene rings is 1. The maximum absolute atomic E-state index is 6.09. The number of aryl methyl sites for hydroxylation is 1. The normalized spacial score (nSPS) is 12.4. The van der Waals surface area contributed by atoms with Crippen LogP contribution < -0.4 is 10.1 Å². The molecule has 0 saturated carbocycles. The number of ether oxygens (including phenoxy) is 1. The first kappa shape index (κ1) is 15.7. The van der Waals surface area contributed by atoms with E-state index in [9.17, 15) is 0 Å². The molecular weight excluding hydrogens is 290 g/mol. The Hall–Kier alpha value is -1.66. The van der Waals surface area contributed by atoms with Crippen molar-refractivity contribution in [1.82, 2.24) is 25.5 Å². The molecule has 6 nitrogen and oxygen atoms in total. The van der Waals surface area contributed by atoms with E-state index in [1.807, 2.05) is 18.2 Å².